The first-order chi connectivity index (χ1) is 10.3. The lowest BCUT2D eigenvalue weighted by atomic mass is 10.2. The number of hydrogen-bond donors (Lipinski definition) is 2. The van der Waals surface area contributed by atoms with Gasteiger partial charge in [-0.3, -0.25) is 0 Å². The number of benzene rings is 1. The summed E-state index contributed by atoms with van der Waals surface area (Å²) in [5.74, 6) is 1.23. The van der Waals surface area contributed by atoms with Crippen molar-refractivity contribution in [2.45, 2.75) is 13.2 Å². The molecular weight excluding hydrogens is 268 g/mol. The lowest BCUT2D eigenvalue weighted by Crippen LogP contribution is -2.19. The topological polar surface area (TPSA) is 63.6 Å². The predicted octanol–water partition coefficient (Wildman–Crippen LogP) is 2.10. The van der Waals surface area contributed by atoms with Crippen LogP contribution in [0.15, 0.2) is 42.6 Å². The van der Waals surface area contributed by atoms with Crippen LogP contribution >= 0.6 is 0 Å². The van der Waals surface area contributed by atoms with E-state index >= 15 is 0 Å². The number of nitrogens with zero attached hydrogens (tertiary/aromatic N) is 1. The smallest absolute Gasteiger partial charge is 0.223 e. The van der Waals surface area contributed by atoms with Crippen molar-refractivity contribution in [1.82, 2.24) is 10.3 Å². The minimum Gasteiger partial charge on any atom is -0.439 e. The number of nitrogens with one attached hydrogen (secondary N) is 1. The summed E-state index contributed by atoms with van der Waals surface area (Å²) in [6.45, 7) is 2.08. The normalized spacial score (nSPS) is 10.6. The summed E-state index contributed by atoms with van der Waals surface area (Å²) in [4.78, 5) is 4.27. The fourth-order valence-corrected chi connectivity index (χ4v) is 1.87. The van der Waals surface area contributed by atoms with E-state index in [1.54, 1.807) is 19.4 Å². The largest absolute Gasteiger partial charge is 0.439 e. The minimum absolute atomic E-state index is 0.00908. The van der Waals surface area contributed by atoms with E-state index < -0.39 is 0 Å². The van der Waals surface area contributed by atoms with Crippen LogP contribution in [-0.2, 0) is 17.9 Å². The first-order valence-corrected chi connectivity index (χ1v) is 6.84. The number of aliphatic hydroxyl groups is 1. The third-order valence-electron chi connectivity index (χ3n) is 2.94. The molecule has 1 aromatic carbocycles. The van der Waals surface area contributed by atoms with Crippen LogP contribution < -0.4 is 10.1 Å². The quantitative estimate of drug-likeness (QED) is 0.728. The van der Waals surface area contributed by atoms with Gasteiger partial charge >= 0.3 is 0 Å². The predicted molar refractivity (Wildman–Crippen MR) is 80.3 cm³/mol. The van der Waals surface area contributed by atoms with Gasteiger partial charge in [0.05, 0.1) is 13.2 Å². The number of aliphatic hydroxyl groups excluding tert-OH is 1. The summed E-state index contributed by atoms with van der Waals surface area (Å²) in [6.07, 6.45) is 1.70. The summed E-state index contributed by atoms with van der Waals surface area (Å²) in [5.41, 5.74) is 1.78. The van der Waals surface area contributed by atoms with Gasteiger partial charge in [-0.1, -0.05) is 18.2 Å². The van der Waals surface area contributed by atoms with Crippen LogP contribution in [0.2, 0.25) is 0 Å². The number of methoxy groups -OCH3 is 1. The monoisotopic (exact) mass is 288 g/mol. The van der Waals surface area contributed by atoms with Crippen LogP contribution in [0.4, 0.5) is 0 Å². The second-order valence-corrected chi connectivity index (χ2v) is 4.54. The number of rotatable bonds is 8. The summed E-state index contributed by atoms with van der Waals surface area (Å²) in [7, 11) is 1.68. The minimum atomic E-state index is -0.00908. The molecule has 5 nitrogen and oxygen atoms in total. The first kappa shape index (κ1) is 15.4. The van der Waals surface area contributed by atoms with Gasteiger partial charge in [0.15, 0.2) is 0 Å². The third-order valence-corrected chi connectivity index (χ3v) is 2.94. The second-order valence-electron chi connectivity index (χ2n) is 4.54. The fourth-order valence-electron chi connectivity index (χ4n) is 1.87. The molecule has 0 saturated carbocycles. The van der Waals surface area contributed by atoms with E-state index in [0.29, 0.717) is 24.8 Å². The Hall–Kier alpha value is -1.95. The van der Waals surface area contributed by atoms with Crippen LogP contribution in [0.5, 0.6) is 11.6 Å². The van der Waals surface area contributed by atoms with Crippen LogP contribution in [0.1, 0.15) is 11.1 Å². The van der Waals surface area contributed by atoms with E-state index in [-0.39, 0.29) is 6.61 Å². The summed E-state index contributed by atoms with van der Waals surface area (Å²) >= 11 is 0. The van der Waals surface area contributed by atoms with Crippen molar-refractivity contribution < 1.29 is 14.6 Å². The van der Waals surface area contributed by atoms with Crippen LogP contribution in [0.25, 0.3) is 0 Å². The lowest BCUT2D eigenvalue weighted by molar-refractivity contribution is 0.199. The Kier molecular flexibility index (Phi) is 6.15. The van der Waals surface area contributed by atoms with Crippen molar-refractivity contribution >= 4 is 0 Å². The zero-order valence-corrected chi connectivity index (χ0v) is 12.1. The SMILES string of the molecule is COCCNCc1cccnc1Oc1cccc(CO)c1. The Balaban J connectivity index is 2.05. The van der Waals surface area contributed by atoms with Gasteiger partial charge < -0.3 is 19.9 Å². The average molecular weight is 288 g/mol. The number of hydrogen-bond acceptors (Lipinski definition) is 5. The molecule has 0 radical (unpaired) electrons. The number of ether oxygens (including phenoxy) is 2. The van der Waals surface area contributed by atoms with E-state index in [0.717, 1.165) is 17.7 Å². The molecule has 2 aromatic rings. The molecule has 0 aliphatic carbocycles. The number of pyridine rings is 1. The molecule has 21 heavy (non-hydrogen) atoms. The highest BCUT2D eigenvalue weighted by atomic mass is 16.5. The van der Waals surface area contributed by atoms with Gasteiger partial charge in [-0.2, -0.15) is 0 Å². The van der Waals surface area contributed by atoms with Crippen molar-refractivity contribution in [3.8, 4) is 11.6 Å². The van der Waals surface area contributed by atoms with Crippen molar-refractivity contribution in [2.24, 2.45) is 0 Å². The van der Waals surface area contributed by atoms with Gasteiger partial charge in [0.25, 0.3) is 0 Å². The highest BCUT2D eigenvalue weighted by molar-refractivity contribution is 5.34. The summed E-state index contributed by atoms with van der Waals surface area (Å²) < 4.78 is 10.8. The molecule has 0 saturated heterocycles. The molecule has 0 aliphatic heterocycles. The first-order valence-electron chi connectivity index (χ1n) is 6.84. The van der Waals surface area contributed by atoms with Gasteiger partial charge in [0.1, 0.15) is 5.75 Å². The molecule has 5 heteroatoms. The highest BCUT2D eigenvalue weighted by Gasteiger charge is 2.06. The maximum Gasteiger partial charge on any atom is 0.223 e. The molecule has 112 valence electrons. The van der Waals surface area contributed by atoms with Crippen molar-refractivity contribution in [1.29, 1.82) is 0 Å². The van der Waals surface area contributed by atoms with Crippen molar-refractivity contribution in [2.75, 3.05) is 20.3 Å². The Morgan fingerprint density at radius 1 is 1.24 bits per heavy atom. The Bertz CT molecular complexity index is 561. The molecule has 1 aromatic heterocycles. The molecule has 2 rings (SSSR count). The third kappa shape index (κ3) is 4.82. The van der Waals surface area contributed by atoms with E-state index in [1.807, 2.05) is 30.3 Å². The van der Waals surface area contributed by atoms with Crippen molar-refractivity contribution in [3.05, 3.63) is 53.7 Å². The van der Waals surface area contributed by atoms with E-state index in [1.165, 1.54) is 0 Å². The van der Waals surface area contributed by atoms with Crippen molar-refractivity contribution in [3.63, 3.8) is 0 Å². The zero-order chi connectivity index (χ0) is 14.9. The molecule has 0 atom stereocenters. The summed E-state index contributed by atoms with van der Waals surface area (Å²) in [5, 5.41) is 12.4. The van der Waals surface area contributed by atoms with Crippen LogP contribution in [0.3, 0.4) is 0 Å². The van der Waals surface area contributed by atoms with E-state index in [9.17, 15) is 0 Å². The highest BCUT2D eigenvalue weighted by Crippen LogP contribution is 2.23. The molecule has 0 fully saturated rings. The Morgan fingerprint density at radius 2 is 2.14 bits per heavy atom. The zero-order valence-electron chi connectivity index (χ0n) is 12.1. The molecule has 0 aliphatic rings. The van der Waals surface area contributed by atoms with E-state index in [4.69, 9.17) is 14.6 Å². The maximum absolute atomic E-state index is 9.16. The standard InChI is InChI=1S/C16H20N2O3/c1-20-9-8-17-11-14-5-3-7-18-16(14)21-15-6-2-4-13(10-15)12-19/h2-7,10,17,19H,8-9,11-12H2,1H3. The van der Waals surface area contributed by atoms with Gasteiger partial charge in [-0.05, 0) is 23.8 Å². The molecule has 0 unspecified atom stereocenters. The van der Waals surface area contributed by atoms with Gasteiger partial charge in [0.2, 0.25) is 5.88 Å². The molecule has 0 bridgehead atoms. The van der Waals surface area contributed by atoms with Gasteiger partial charge in [0, 0.05) is 32.0 Å². The van der Waals surface area contributed by atoms with Crippen LogP contribution in [0, 0.1) is 0 Å². The molecule has 1 heterocycles. The van der Waals surface area contributed by atoms with Gasteiger partial charge in [-0.25, -0.2) is 4.98 Å². The molecule has 0 spiro atoms. The second kappa shape index (κ2) is 8.36. The van der Waals surface area contributed by atoms with Crippen LogP contribution in [-0.4, -0.2) is 30.4 Å². The molecular formula is C16H20N2O3. The summed E-state index contributed by atoms with van der Waals surface area (Å²) in [6, 6.07) is 11.2. The maximum atomic E-state index is 9.16. The number of aromatic nitrogens is 1. The Morgan fingerprint density at radius 3 is 2.95 bits per heavy atom. The molecule has 2 N–H and O–H groups in total. The molecule has 0 amide bonds. The van der Waals surface area contributed by atoms with E-state index in [2.05, 4.69) is 10.3 Å². The van der Waals surface area contributed by atoms with Gasteiger partial charge in [-0.15, -0.1) is 0 Å². The average Bonchev–Trinajstić information content (AvgIpc) is 2.53. The Labute approximate surface area is 124 Å². The fraction of sp³-hybridized carbons (Fsp3) is 0.312. The lowest BCUT2D eigenvalue weighted by Gasteiger charge is -2.11.